The lowest BCUT2D eigenvalue weighted by molar-refractivity contribution is -0.120. The molecule has 0 aliphatic heterocycles. The SMILES string of the molecule is COc1ccccc1[C@@H](C)NC(=O)CN(c1cccc(SC)c1)S(C)(=O)=O. The summed E-state index contributed by atoms with van der Waals surface area (Å²) in [5, 5.41) is 2.84. The number of nitrogens with one attached hydrogen (secondary N) is 1. The van der Waals surface area contributed by atoms with Crippen LogP contribution in [-0.4, -0.2) is 40.5 Å². The second-order valence-corrected chi connectivity index (χ2v) is 8.79. The summed E-state index contributed by atoms with van der Waals surface area (Å²) in [4.78, 5) is 13.5. The van der Waals surface area contributed by atoms with E-state index in [0.29, 0.717) is 11.4 Å². The van der Waals surface area contributed by atoms with Crippen LogP contribution >= 0.6 is 11.8 Å². The lowest BCUT2D eigenvalue weighted by Gasteiger charge is -2.24. The first-order valence-electron chi connectivity index (χ1n) is 8.30. The van der Waals surface area contributed by atoms with Crippen LogP contribution in [0.1, 0.15) is 18.5 Å². The number of methoxy groups -OCH3 is 1. The van der Waals surface area contributed by atoms with Crippen LogP contribution in [0, 0.1) is 0 Å². The summed E-state index contributed by atoms with van der Waals surface area (Å²) < 4.78 is 30.9. The quantitative estimate of drug-likeness (QED) is 0.680. The monoisotopic (exact) mass is 408 g/mol. The summed E-state index contributed by atoms with van der Waals surface area (Å²) in [6, 6.07) is 14.1. The average molecular weight is 409 g/mol. The molecule has 0 unspecified atom stereocenters. The molecule has 1 amide bonds. The molecule has 2 aromatic carbocycles. The zero-order valence-corrected chi connectivity index (χ0v) is 17.4. The van der Waals surface area contributed by atoms with E-state index in [4.69, 9.17) is 4.74 Å². The van der Waals surface area contributed by atoms with Gasteiger partial charge in [0.15, 0.2) is 0 Å². The normalized spacial score (nSPS) is 12.3. The van der Waals surface area contributed by atoms with Gasteiger partial charge in [0.1, 0.15) is 12.3 Å². The minimum absolute atomic E-state index is 0.295. The van der Waals surface area contributed by atoms with E-state index >= 15 is 0 Å². The largest absolute Gasteiger partial charge is 0.496 e. The molecular weight excluding hydrogens is 384 g/mol. The zero-order chi connectivity index (χ0) is 20.0. The molecule has 0 saturated heterocycles. The van der Waals surface area contributed by atoms with Gasteiger partial charge in [-0.1, -0.05) is 24.3 Å². The van der Waals surface area contributed by atoms with Gasteiger partial charge in [-0.2, -0.15) is 0 Å². The Morgan fingerprint density at radius 2 is 1.93 bits per heavy atom. The number of sulfonamides is 1. The van der Waals surface area contributed by atoms with Crippen molar-refractivity contribution in [3.63, 3.8) is 0 Å². The molecule has 0 spiro atoms. The van der Waals surface area contributed by atoms with Crippen LogP contribution in [0.2, 0.25) is 0 Å². The number of benzene rings is 2. The van der Waals surface area contributed by atoms with Gasteiger partial charge in [0.2, 0.25) is 15.9 Å². The van der Waals surface area contributed by atoms with Crippen LogP contribution in [-0.2, 0) is 14.8 Å². The first kappa shape index (κ1) is 21.1. The van der Waals surface area contributed by atoms with Gasteiger partial charge >= 0.3 is 0 Å². The molecule has 6 nitrogen and oxygen atoms in total. The molecule has 1 atom stereocenters. The van der Waals surface area contributed by atoms with E-state index in [0.717, 1.165) is 21.0 Å². The highest BCUT2D eigenvalue weighted by atomic mass is 32.2. The van der Waals surface area contributed by atoms with E-state index in [-0.39, 0.29) is 12.6 Å². The van der Waals surface area contributed by atoms with E-state index in [2.05, 4.69) is 5.32 Å². The van der Waals surface area contributed by atoms with Gasteiger partial charge in [0.25, 0.3) is 0 Å². The third kappa shape index (κ3) is 5.64. The standard InChI is InChI=1S/C19H24N2O4S2/c1-14(17-10-5-6-11-18(17)25-2)20-19(22)13-21(27(4,23)24)15-8-7-9-16(12-15)26-3/h5-12,14H,13H2,1-4H3,(H,20,22)/t14-/m1/s1. The van der Waals surface area contributed by atoms with Gasteiger partial charge in [-0.05, 0) is 37.4 Å². The van der Waals surface area contributed by atoms with Crippen LogP contribution in [0.3, 0.4) is 0 Å². The Morgan fingerprint density at radius 1 is 1.22 bits per heavy atom. The maximum absolute atomic E-state index is 12.5. The Labute approximate surface area is 165 Å². The minimum atomic E-state index is -3.61. The molecule has 0 heterocycles. The van der Waals surface area contributed by atoms with E-state index in [1.54, 1.807) is 25.3 Å². The third-order valence-electron chi connectivity index (χ3n) is 4.01. The Morgan fingerprint density at radius 3 is 2.56 bits per heavy atom. The van der Waals surface area contributed by atoms with Crippen LogP contribution in [0.5, 0.6) is 5.75 Å². The molecule has 0 bridgehead atoms. The number of para-hydroxylation sites is 1. The lowest BCUT2D eigenvalue weighted by Crippen LogP contribution is -2.41. The summed E-state index contributed by atoms with van der Waals surface area (Å²) in [5.41, 5.74) is 1.29. The molecular formula is C19H24N2O4S2. The van der Waals surface area contributed by atoms with Crippen molar-refractivity contribution in [3.8, 4) is 5.75 Å². The highest BCUT2D eigenvalue weighted by Gasteiger charge is 2.22. The van der Waals surface area contributed by atoms with Gasteiger partial charge in [0, 0.05) is 10.5 Å². The average Bonchev–Trinajstić information content (AvgIpc) is 2.65. The molecule has 1 N–H and O–H groups in total. The number of amides is 1. The number of ether oxygens (including phenoxy) is 1. The Bertz CT molecular complexity index is 900. The number of thioether (sulfide) groups is 1. The minimum Gasteiger partial charge on any atom is -0.496 e. The van der Waals surface area contributed by atoms with Gasteiger partial charge in [-0.3, -0.25) is 9.10 Å². The van der Waals surface area contributed by atoms with Crippen molar-refractivity contribution in [2.75, 3.05) is 30.5 Å². The number of carbonyl (C=O) groups is 1. The van der Waals surface area contributed by atoms with Crippen molar-refractivity contribution in [1.82, 2.24) is 5.32 Å². The van der Waals surface area contributed by atoms with Gasteiger partial charge in [-0.15, -0.1) is 11.8 Å². The predicted octanol–water partition coefficient (Wildman–Crippen LogP) is 3.06. The molecule has 0 saturated carbocycles. The number of rotatable bonds is 8. The molecule has 0 aromatic heterocycles. The molecule has 146 valence electrons. The number of anilines is 1. The Balaban J connectivity index is 2.19. The van der Waals surface area contributed by atoms with Crippen LogP contribution in [0.4, 0.5) is 5.69 Å². The summed E-state index contributed by atoms with van der Waals surface area (Å²) in [6.45, 7) is 1.53. The van der Waals surface area contributed by atoms with Crippen LogP contribution in [0.15, 0.2) is 53.4 Å². The summed E-state index contributed by atoms with van der Waals surface area (Å²) in [5.74, 6) is 0.270. The topological polar surface area (TPSA) is 75.7 Å². The number of hydrogen-bond donors (Lipinski definition) is 1. The second-order valence-electron chi connectivity index (χ2n) is 6.00. The third-order valence-corrected chi connectivity index (χ3v) is 5.88. The predicted molar refractivity (Wildman–Crippen MR) is 110 cm³/mol. The Hall–Kier alpha value is -2.19. The van der Waals surface area contributed by atoms with Crippen molar-refractivity contribution in [3.05, 3.63) is 54.1 Å². The summed E-state index contributed by atoms with van der Waals surface area (Å²) in [6.07, 6.45) is 3.00. The van der Waals surface area contributed by atoms with Crippen molar-refractivity contribution >= 4 is 33.4 Å². The first-order chi connectivity index (χ1) is 12.8. The molecule has 0 fully saturated rings. The number of hydrogen-bond acceptors (Lipinski definition) is 5. The molecule has 0 aliphatic rings. The van der Waals surface area contributed by atoms with E-state index < -0.39 is 15.9 Å². The zero-order valence-electron chi connectivity index (χ0n) is 15.8. The van der Waals surface area contributed by atoms with Crippen LogP contribution < -0.4 is 14.4 Å². The fourth-order valence-electron chi connectivity index (χ4n) is 2.69. The number of carbonyl (C=O) groups excluding carboxylic acids is 1. The van der Waals surface area contributed by atoms with Crippen molar-refractivity contribution in [2.45, 2.75) is 17.9 Å². The maximum Gasteiger partial charge on any atom is 0.241 e. The molecule has 2 rings (SSSR count). The highest BCUT2D eigenvalue weighted by Crippen LogP contribution is 2.26. The molecule has 2 aromatic rings. The van der Waals surface area contributed by atoms with Crippen molar-refractivity contribution < 1.29 is 17.9 Å². The summed E-state index contributed by atoms with van der Waals surface area (Å²) in [7, 11) is -2.05. The van der Waals surface area contributed by atoms with E-state index in [1.165, 1.54) is 11.8 Å². The van der Waals surface area contributed by atoms with Crippen molar-refractivity contribution in [2.24, 2.45) is 0 Å². The maximum atomic E-state index is 12.5. The van der Waals surface area contributed by atoms with Gasteiger partial charge < -0.3 is 10.1 Å². The molecule has 27 heavy (non-hydrogen) atoms. The number of nitrogens with zero attached hydrogens (tertiary/aromatic N) is 1. The van der Waals surface area contributed by atoms with Gasteiger partial charge in [0.05, 0.1) is 25.1 Å². The molecule has 8 heteroatoms. The van der Waals surface area contributed by atoms with Crippen LogP contribution in [0.25, 0.3) is 0 Å². The van der Waals surface area contributed by atoms with Crippen molar-refractivity contribution in [1.29, 1.82) is 0 Å². The van der Waals surface area contributed by atoms with Gasteiger partial charge in [-0.25, -0.2) is 8.42 Å². The second kappa shape index (κ2) is 9.14. The first-order valence-corrected chi connectivity index (χ1v) is 11.4. The van der Waals surface area contributed by atoms with E-state index in [1.807, 2.05) is 43.5 Å². The van der Waals surface area contributed by atoms with E-state index in [9.17, 15) is 13.2 Å². The fraction of sp³-hybridized carbons (Fsp3) is 0.316. The highest BCUT2D eigenvalue weighted by molar-refractivity contribution is 7.98. The lowest BCUT2D eigenvalue weighted by atomic mass is 10.1. The summed E-state index contributed by atoms with van der Waals surface area (Å²) >= 11 is 1.51. The molecule has 0 aliphatic carbocycles. The fourth-order valence-corrected chi connectivity index (χ4v) is 3.99. The Kier molecular flexibility index (Phi) is 7.15. The smallest absolute Gasteiger partial charge is 0.241 e. The molecule has 0 radical (unpaired) electrons.